The van der Waals surface area contributed by atoms with Gasteiger partial charge in [-0.1, -0.05) is 12.2 Å². The maximum absolute atomic E-state index is 13.0. The van der Waals surface area contributed by atoms with Crippen LogP contribution in [0.4, 0.5) is 4.39 Å². The first-order valence-corrected chi connectivity index (χ1v) is 5.52. The van der Waals surface area contributed by atoms with Crippen LogP contribution in [0, 0.1) is 10.3 Å². The molecule has 0 aliphatic rings. The lowest BCUT2D eigenvalue weighted by atomic mass is 10.1. The topological polar surface area (TPSA) is 42.1 Å². The minimum absolute atomic E-state index is 0.287. The molecule has 17 heavy (non-hydrogen) atoms. The largest absolute Gasteiger partial charge is 0.462 e. The van der Waals surface area contributed by atoms with Crippen molar-refractivity contribution in [2.45, 2.75) is 6.92 Å². The number of halogens is 1. The van der Waals surface area contributed by atoms with Gasteiger partial charge in [0.15, 0.2) is 0 Å². The van der Waals surface area contributed by atoms with Gasteiger partial charge in [-0.2, -0.15) is 0 Å². The lowest BCUT2D eigenvalue weighted by Gasteiger charge is -2.04. The third-order valence-electron chi connectivity index (χ3n) is 2.34. The van der Waals surface area contributed by atoms with Crippen LogP contribution in [0.15, 0.2) is 24.4 Å². The third-order valence-corrected chi connectivity index (χ3v) is 2.78. The van der Waals surface area contributed by atoms with Gasteiger partial charge in [-0.25, -0.2) is 9.18 Å². The van der Waals surface area contributed by atoms with Gasteiger partial charge in [-0.15, -0.1) is 0 Å². The smallest absolute Gasteiger partial charge is 0.341 e. The predicted molar refractivity (Wildman–Crippen MR) is 65.0 cm³/mol. The SMILES string of the molecule is CCOC(=O)c1c[nH]c2cc(F)ccc2c1=S. The number of ether oxygens (including phenoxy) is 1. The molecule has 0 fully saturated rings. The van der Waals surface area contributed by atoms with E-state index in [9.17, 15) is 9.18 Å². The second-order valence-corrected chi connectivity index (χ2v) is 3.85. The molecule has 0 bridgehead atoms. The molecule has 0 atom stereocenters. The number of carbonyl (C=O) groups excluding carboxylic acids is 1. The molecule has 1 heterocycles. The lowest BCUT2D eigenvalue weighted by molar-refractivity contribution is 0.0525. The van der Waals surface area contributed by atoms with Gasteiger partial charge in [0.2, 0.25) is 0 Å². The Hall–Kier alpha value is -1.75. The summed E-state index contributed by atoms with van der Waals surface area (Å²) in [5.41, 5.74) is 0.851. The molecule has 2 aromatic rings. The third kappa shape index (κ3) is 2.19. The van der Waals surface area contributed by atoms with E-state index in [0.717, 1.165) is 0 Å². The van der Waals surface area contributed by atoms with Gasteiger partial charge in [-0.3, -0.25) is 0 Å². The average Bonchev–Trinajstić information content (AvgIpc) is 2.29. The minimum atomic E-state index is -0.472. The molecule has 0 radical (unpaired) electrons. The number of hydrogen-bond acceptors (Lipinski definition) is 3. The molecule has 0 saturated carbocycles. The second kappa shape index (κ2) is 4.63. The quantitative estimate of drug-likeness (QED) is 0.658. The van der Waals surface area contributed by atoms with Crippen LogP contribution in [-0.4, -0.2) is 17.6 Å². The Labute approximate surface area is 102 Å². The van der Waals surface area contributed by atoms with E-state index in [4.69, 9.17) is 17.0 Å². The molecule has 0 unspecified atom stereocenters. The van der Waals surface area contributed by atoms with Crippen molar-refractivity contribution in [2.24, 2.45) is 0 Å². The summed E-state index contributed by atoms with van der Waals surface area (Å²) in [5, 5.41) is 0.631. The molecule has 1 aromatic heterocycles. The van der Waals surface area contributed by atoms with E-state index in [0.29, 0.717) is 21.0 Å². The highest BCUT2D eigenvalue weighted by Gasteiger charge is 2.11. The number of pyridine rings is 1. The van der Waals surface area contributed by atoms with Gasteiger partial charge in [0, 0.05) is 17.1 Å². The fourth-order valence-electron chi connectivity index (χ4n) is 1.55. The molecular weight excluding hydrogens is 241 g/mol. The van der Waals surface area contributed by atoms with E-state index >= 15 is 0 Å². The standard InChI is InChI=1S/C12H10FNO2S/c1-2-16-12(15)9-6-14-10-5-7(13)3-4-8(10)11(9)17/h3-6H,2H2,1H3,(H,14,17). The fourth-order valence-corrected chi connectivity index (χ4v) is 1.88. The summed E-state index contributed by atoms with van der Waals surface area (Å²) in [5.74, 6) is -0.827. The van der Waals surface area contributed by atoms with Crippen molar-refractivity contribution in [2.75, 3.05) is 6.61 Å². The van der Waals surface area contributed by atoms with E-state index < -0.39 is 5.97 Å². The molecule has 5 heteroatoms. The molecule has 88 valence electrons. The summed E-state index contributed by atoms with van der Waals surface area (Å²) >= 11 is 5.18. The molecule has 0 amide bonds. The summed E-state index contributed by atoms with van der Waals surface area (Å²) in [7, 11) is 0. The van der Waals surface area contributed by atoms with Crippen LogP contribution >= 0.6 is 12.2 Å². The highest BCUT2D eigenvalue weighted by atomic mass is 32.1. The number of aromatic nitrogens is 1. The summed E-state index contributed by atoms with van der Waals surface area (Å²) in [6.45, 7) is 2.01. The van der Waals surface area contributed by atoms with Crippen molar-refractivity contribution in [1.82, 2.24) is 4.98 Å². The average molecular weight is 251 g/mol. The molecule has 3 nitrogen and oxygen atoms in total. The van der Waals surface area contributed by atoms with Gasteiger partial charge in [0.05, 0.1) is 16.7 Å². The number of aromatic amines is 1. The normalized spacial score (nSPS) is 10.5. The monoisotopic (exact) mass is 251 g/mol. The second-order valence-electron chi connectivity index (χ2n) is 3.44. The number of H-pyrrole nitrogens is 1. The van der Waals surface area contributed by atoms with Crippen molar-refractivity contribution >= 4 is 29.1 Å². The Morgan fingerprint density at radius 2 is 2.29 bits per heavy atom. The Morgan fingerprint density at radius 1 is 1.53 bits per heavy atom. The van der Waals surface area contributed by atoms with E-state index in [2.05, 4.69) is 4.98 Å². The van der Waals surface area contributed by atoms with Crippen molar-refractivity contribution < 1.29 is 13.9 Å². The fraction of sp³-hybridized carbons (Fsp3) is 0.167. The number of fused-ring (bicyclic) bond motifs is 1. The maximum Gasteiger partial charge on any atom is 0.341 e. The van der Waals surface area contributed by atoms with Crippen LogP contribution in [0.5, 0.6) is 0 Å². The zero-order valence-corrected chi connectivity index (χ0v) is 9.94. The van der Waals surface area contributed by atoms with Crippen molar-refractivity contribution in [3.63, 3.8) is 0 Å². The summed E-state index contributed by atoms with van der Waals surface area (Å²) in [6.07, 6.45) is 1.45. The first-order valence-electron chi connectivity index (χ1n) is 5.11. The van der Waals surface area contributed by atoms with Crippen LogP contribution in [0.25, 0.3) is 10.9 Å². The Morgan fingerprint density at radius 3 is 3.00 bits per heavy atom. The molecule has 0 spiro atoms. The van der Waals surface area contributed by atoms with Crippen molar-refractivity contribution in [1.29, 1.82) is 0 Å². The zero-order valence-electron chi connectivity index (χ0n) is 9.12. The van der Waals surface area contributed by atoms with Gasteiger partial charge in [0.25, 0.3) is 0 Å². The minimum Gasteiger partial charge on any atom is -0.462 e. The first kappa shape index (κ1) is 11.7. The van der Waals surface area contributed by atoms with Crippen LogP contribution in [-0.2, 0) is 4.74 Å². The molecule has 0 aliphatic heterocycles. The van der Waals surface area contributed by atoms with E-state index in [1.807, 2.05) is 0 Å². The Kier molecular flexibility index (Phi) is 3.19. The van der Waals surface area contributed by atoms with E-state index in [-0.39, 0.29) is 12.4 Å². The van der Waals surface area contributed by atoms with Crippen LogP contribution in [0.3, 0.4) is 0 Å². The molecule has 1 N–H and O–H groups in total. The number of hydrogen-bond donors (Lipinski definition) is 1. The predicted octanol–water partition coefficient (Wildman–Crippen LogP) is 3.21. The van der Waals surface area contributed by atoms with Gasteiger partial charge in [-0.05, 0) is 25.1 Å². The summed E-state index contributed by atoms with van der Waals surface area (Å²) in [6, 6.07) is 4.19. The Bertz CT molecular complexity index is 636. The molecule has 2 rings (SSSR count). The van der Waals surface area contributed by atoms with Crippen LogP contribution in [0.1, 0.15) is 17.3 Å². The zero-order chi connectivity index (χ0) is 12.4. The molecule has 1 aromatic carbocycles. The number of benzene rings is 1. The maximum atomic E-state index is 13.0. The molecule has 0 aliphatic carbocycles. The number of nitrogens with one attached hydrogen (secondary N) is 1. The number of rotatable bonds is 2. The lowest BCUT2D eigenvalue weighted by Crippen LogP contribution is -2.06. The first-order chi connectivity index (χ1) is 8.13. The van der Waals surface area contributed by atoms with E-state index in [1.165, 1.54) is 18.3 Å². The van der Waals surface area contributed by atoms with Crippen molar-refractivity contribution in [3.8, 4) is 0 Å². The van der Waals surface area contributed by atoms with Gasteiger partial charge in [0.1, 0.15) is 5.82 Å². The van der Waals surface area contributed by atoms with Crippen LogP contribution in [0.2, 0.25) is 0 Å². The van der Waals surface area contributed by atoms with E-state index in [1.54, 1.807) is 13.0 Å². The molecular formula is C12H10FNO2S. The van der Waals surface area contributed by atoms with Gasteiger partial charge >= 0.3 is 5.97 Å². The van der Waals surface area contributed by atoms with Crippen molar-refractivity contribution in [3.05, 3.63) is 40.3 Å². The number of carbonyl (C=O) groups is 1. The highest BCUT2D eigenvalue weighted by molar-refractivity contribution is 7.71. The van der Waals surface area contributed by atoms with Crippen LogP contribution < -0.4 is 0 Å². The van der Waals surface area contributed by atoms with Gasteiger partial charge < -0.3 is 9.72 Å². The Balaban J connectivity index is 2.62. The number of esters is 1. The molecule has 0 saturated heterocycles. The summed E-state index contributed by atoms with van der Waals surface area (Å²) < 4.78 is 18.3. The highest BCUT2D eigenvalue weighted by Crippen LogP contribution is 2.18. The summed E-state index contributed by atoms with van der Waals surface area (Å²) in [4.78, 5) is 14.4.